The molecule has 2 unspecified atom stereocenters. The molecule has 1 rings (SSSR count). The van der Waals surface area contributed by atoms with Crippen molar-refractivity contribution in [3.63, 3.8) is 0 Å². The van der Waals surface area contributed by atoms with Crippen LogP contribution in [0.3, 0.4) is 0 Å². The first-order valence-electron chi connectivity index (χ1n) is 8.67. The van der Waals surface area contributed by atoms with Crippen LogP contribution in [0.5, 0.6) is 0 Å². The van der Waals surface area contributed by atoms with Gasteiger partial charge in [0.15, 0.2) is 0 Å². The Balaban J connectivity index is 2.54. The Morgan fingerprint density at radius 3 is 2.21 bits per heavy atom. The van der Waals surface area contributed by atoms with Gasteiger partial charge in [-0.2, -0.15) is 0 Å². The van der Waals surface area contributed by atoms with Gasteiger partial charge in [0.1, 0.15) is 0 Å². The van der Waals surface area contributed by atoms with E-state index >= 15 is 0 Å². The monoisotopic (exact) mass is 268 g/mol. The van der Waals surface area contributed by atoms with Crippen LogP contribution in [0.4, 0.5) is 0 Å². The molecule has 1 aliphatic heterocycles. The first-order valence-corrected chi connectivity index (χ1v) is 8.67. The Bertz CT molecular complexity index is 235. The van der Waals surface area contributed by atoms with Crippen LogP contribution in [-0.4, -0.2) is 29.1 Å². The van der Waals surface area contributed by atoms with E-state index < -0.39 is 0 Å². The molecule has 2 N–H and O–H groups in total. The molecule has 2 nitrogen and oxygen atoms in total. The molecule has 0 aromatic carbocycles. The minimum Gasteiger partial charge on any atom is -0.324 e. The van der Waals surface area contributed by atoms with E-state index in [4.69, 9.17) is 5.73 Å². The second-order valence-electron chi connectivity index (χ2n) is 6.37. The number of hydrogen-bond donors (Lipinski definition) is 1. The van der Waals surface area contributed by atoms with E-state index in [2.05, 4.69) is 32.6 Å². The molecule has 0 radical (unpaired) electrons. The maximum Gasteiger partial charge on any atom is 0.0307 e. The van der Waals surface area contributed by atoms with Crippen LogP contribution in [0, 0.1) is 0 Å². The summed E-state index contributed by atoms with van der Waals surface area (Å²) in [5.74, 6) is 0. The van der Waals surface area contributed by atoms with Crippen LogP contribution in [0.1, 0.15) is 85.5 Å². The van der Waals surface area contributed by atoms with Gasteiger partial charge in [-0.05, 0) is 38.6 Å². The SMILES string of the molecule is CCCCCCC1CCC(C(N)(CC)CC)N1CC. The summed E-state index contributed by atoms with van der Waals surface area (Å²) in [4.78, 5) is 2.72. The van der Waals surface area contributed by atoms with Crippen LogP contribution in [-0.2, 0) is 0 Å². The number of hydrogen-bond acceptors (Lipinski definition) is 2. The summed E-state index contributed by atoms with van der Waals surface area (Å²) in [6.07, 6.45) is 11.8. The fraction of sp³-hybridized carbons (Fsp3) is 1.00. The van der Waals surface area contributed by atoms with E-state index in [1.807, 2.05) is 0 Å². The third-order valence-electron chi connectivity index (χ3n) is 5.38. The normalized spacial score (nSPS) is 25.1. The largest absolute Gasteiger partial charge is 0.324 e. The lowest BCUT2D eigenvalue weighted by Gasteiger charge is -2.41. The molecule has 0 amide bonds. The Morgan fingerprint density at radius 1 is 1.00 bits per heavy atom. The Hall–Kier alpha value is -0.0800. The summed E-state index contributed by atoms with van der Waals surface area (Å²) in [6, 6.07) is 1.41. The summed E-state index contributed by atoms with van der Waals surface area (Å²) in [5, 5.41) is 0. The van der Waals surface area contributed by atoms with Crippen molar-refractivity contribution in [2.24, 2.45) is 5.73 Å². The first-order chi connectivity index (χ1) is 9.12. The Labute approximate surface area is 121 Å². The van der Waals surface area contributed by atoms with Crippen molar-refractivity contribution in [1.82, 2.24) is 4.90 Å². The van der Waals surface area contributed by atoms with Gasteiger partial charge in [0.05, 0.1) is 0 Å². The van der Waals surface area contributed by atoms with E-state index in [0.29, 0.717) is 6.04 Å². The zero-order valence-corrected chi connectivity index (χ0v) is 13.8. The summed E-state index contributed by atoms with van der Waals surface area (Å²) in [7, 11) is 0. The Morgan fingerprint density at radius 2 is 1.68 bits per heavy atom. The van der Waals surface area contributed by atoms with E-state index in [9.17, 15) is 0 Å². The molecule has 19 heavy (non-hydrogen) atoms. The van der Waals surface area contributed by atoms with E-state index in [1.54, 1.807) is 0 Å². The minimum absolute atomic E-state index is 0.0359. The fourth-order valence-corrected chi connectivity index (χ4v) is 3.87. The van der Waals surface area contributed by atoms with E-state index in [1.165, 1.54) is 51.5 Å². The third-order valence-corrected chi connectivity index (χ3v) is 5.38. The average molecular weight is 268 g/mol. The lowest BCUT2D eigenvalue weighted by Crippen LogP contribution is -2.56. The number of unbranched alkanes of at least 4 members (excludes halogenated alkanes) is 3. The fourth-order valence-electron chi connectivity index (χ4n) is 3.87. The molecule has 1 heterocycles. The highest BCUT2D eigenvalue weighted by molar-refractivity contribution is 5.01. The van der Waals surface area contributed by atoms with Gasteiger partial charge in [-0.25, -0.2) is 0 Å². The van der Waals surface area contributed by atoms with Crippen molar-refractivity contribution in [2.75, 3.05) is 6.54 Å². The van der Waals surface area contributed by atoms with Crippen LogP contribution in [0.25, 0.3) is 0 Å². The van der Waals surface area contributed by atoms with Gasteiger partial charge in [0.25, 0.3) is 0 Å². The summed E-state index contributed by atoms with van der Waals surface area (Å²) >= 11 is 0. The van der Waals surface area contributed by atoms with E-state index in [0.717, 1.165) is 18.9 Å². The maximum absolute atomic E-state index is 6.66. The van der Waals surface area contributed by atoms with Crippen molar-refractivity contribution in [3.8, 4) is 0 Å². The van der Waals surface area contributed by atoms with Gasteiger partial charge in [-0.1, -0.05) is 53.4 Å². The molecule has 114 valence electrons. The van der Waals surface area contributed by atoms with Crippen LogP contribution in [0.2, 0.25) is 0 Å². The molecule has 2 atom stereocenters. The zero-order chi connectivity index (χ0) is 14.3. The predicted octanol–water partition coefficient (Wildman–Crippen LogP) is 4.33. The van der Waals surface area contributed by atoms with E-state index in [-0.39, 0.29) is 5.54 Å². The molecular formula is C17H36N2. The van der Waals surface area contributed by atoms with Crippen molar-refractivity contribution in [2.45, 2.75) is 103 Å². The van der Waals surface area contributed by atoms with Gasteiger partial charge < -0.3 is 5.73 Å². The van der Waals surface area contributed by atoms with Crippen molar-refractivity contribution >= 4 is 0 Å². The molecule has 0 bridgehead atoms. The smallest absolute Gasteiger partial charge is 0.0307 e. The highest BCUT2D eigenvalue weighted by Gasteiger charge is 2.42. The summed E-state index contributed by atoms with van der Waals surface area (Å²) in [6.45, 7) is 10.3. The second kappa shape index (κ2) is 8.26. The number of likely N-dealkylation sites (N-methyl/N-ethyl adjacent to an activating group) is 1. The molecule has 0 aromatic rings. The summed E-state index contributed by atoms with van der Waals surface area (Å²) in [5.41, 5.74) is 6.70. The van der Waals surface area contributed by atoms with Gasteiger partial charge in [-0.15, -0.1) is 0 Å². The minimum atomic E-state index is 0.0359. The number of nitrogens with two attached hydrogens (primary N) is 1. The number of rotatable bonds is 9. The molecule has 2 heteroatoms. The van der Waals surface area contributed by atoms with Gasteiger partial charge in [0, 0.05) is 17.6 Å². The molecule has 1 saturated heterocycles. The van der Waals surface area contributed by atoms with Crippen molar-refractivity contribution < 1.29 is 0 Å². The predicted molar refractivity (Wildman–Crippen MR) is 85.4 cm³/mol. The van der Waals surface area contributed by atoms with Crippen LogP contribution >= 0.6 is 0 Å². The molecular weight excluding hydrogens is 232 g/mol. The molecule has 0 spiro atoms. The lowest BCUT2D eigenvalue weighted by atomic mass is 9.84. The molecule has 0 aromatic heterocycles. The highest BCUT2D eigenvalue weighted by atomic mass is 15.2. The molecule has 0 saturated carbocycles. The van der Waals surface area contributed by atoms with Gasteiger partial charge in [-0.3, -0.25) is 4.90 Å². The Kier molecular flexibility index (Phi) is 7.38. The lowest BCUT2D eigenvalue weighted by molar-refractivity contribution is 0.120. The van der Waals surface area contributed by atoms with Gasteiger partial charge >= 0.3 is 0 Å². The quantitative estimate of drug-likeness (QED) is 0.631. The highest BCUT2D eigenvalue weighted by Crippen LogP contribution is 2.35. The zero-order valence-electron chi connectivity index (χ0n) is 13.8. The number of nitrogens with zero attached hydrogens (tertiary/aromatic N) is 1. The van der Waals surface area contributed by atoms with Crippen LogP contribution < -0.4 is 5.73 Å². The maximum atomic E-state index is 6.66. The molecule has 1 fully saturated rings. The van der Waals surface area contributed by atoms with Crippen molar-refractivity contribution in [1.29, 1.82) is 0 Å². The summed E-state index contributed by atoms with van der Waals surface area (Å²) < 4.78 is 0. The molecule has 1 aliphatic rings. The topological polar surface area (TPSA) is 29.3 Å². The number of likely N-dealkylation sites (tertiary alicyclic amines) is 1. The van der Waals surface area contributed by atoms with Gasteiger partial charge in [0.2, 0.25) is 0 Å². The first kappa shape index (κ1) is 17.0. The third kappa shape index (κ3) is 4.19. The average Bonchev–Trinajstić information content (AvgIpc) is 2.86. The van der Waals surface area contributed by atoms with Crippen molar-refractivity contribution in [3.05, 3.63) is 0 Å². The van der Waals surface area contributed by atoms with Crippen LogP contribution in [0.15, 0.2) is 0 Å². The second-order valence-corrected chi connectivity index (χ2v) is 6.37. The molecule has 0 aliphatic carbocycles. The standard InChI is InChI=1S/C17H36N2/c1-5-9-10-11-12-15-13-14-16(19(15)8-4)17(18,6-2)7-3/h15-16H,5-14,18H2,1-4H3.